The predicted octanol–water partition coefficient (Wildman–Crippen LogP) is 8.95. The lowest BCUT2D eigenvalue weighted by atomic mass is 9.65. The van der Waals surface area contributed by atoms with Gasteiger partial charge >= 0.3 is 0 Å². The molecule has 5 heteroatoms. The molecule has 0 amide bonds. The predicted molar refractivity (Wildman–Crippen MR) is 154 cm³/mol. The first kappa shape index (κ1) is 25.2. The quantitative estimate of drug-likeness (QED) is 0.149. The number of aromatic hydroxyl groups is 2. The highest BCUT2D eigenvalue weighted by Crippen LogP contribution is 2.56. The Morgan fingerprint density at radius 1 is 0.611 bits per heavy atom. The topological polar surface area (TPSA) is 38.6 Å². The normalized spacial score (nSPS) is 14.6. The van der Waals surface area contributed by atoms with Crippen molar-refractivity contribution < 1.29 is 4.74 Å². The molecule has 0 radical (unpaired) electrons. The van der Waals surface area contributed by atoms with Crippen molar-refractivity contribution in [3.05, 3.63) is 116 Å². The van der Waals surface area contributed by atoms with Gasteiger partial charge in [-0.3, -0.25) is 0 Å². The first-order valence-corrected chi connectivity index (χ1v) is 13.8. The smallest absolute Gasteiger partial charge is 0.265 e. The lowest BCUT2D eigenvalue weighted by Crippen LogP contribution is -2.36. The minimum absolute atomic E-state index is 0.0241. The number of hydrogen-bond donors (Lipinski definition) is 0. The standard InChI is InChI=1S/C31H30Br2N2O/c1-29(2,3)19-13-15-23-21(17-19)31(25-9-7-11-27(32)34-25,26-10-8-12-28(33)35-26)22-18-20(30(4,5)6)14-16-24(22)36-23/h7-18H,1-6H3/p+1. The molecule has 0 atom stereocenters. The molecule has 36 heavy (non-hydrogen) atoms. The molecule has 4 aromatic rings. The van der Waals surface area contributed by atoms with E-state index >= 15 is 0 Å². The summed E-state index contributed by atoms with van der Waals surface area (Å²) >= 11 is 7.30. The number of pyridine rings is 2. The monoisotopic (exact) mass is 605 g/mol. The second-order valence-corrected chi connectivity index (χ2v) is 13.1. The van der Waals surface area contributed by atoms with Crippen LogP contribution in [0.25, 0.3) is 0 Å². The van der Waals surface area contributed by atoms with Gasteiger partial charge in [0.25, 0.3) is 11.5 Å². The van der Waals surface area contributed by atoms with Crippen LogP contribution < -0.4 is 0 Å². The van der Waals surface area contributed by atoms with Crippen molar-refractivity contribution in [2.24, 2.45) is 0 Å². The van der Waals surface area contributed by atoms with Crippen LogP contribution in [0.15, 0.2) is 82.0 Å². The van der Waals surface area contributed by atoms with E-state index in [1.807, 2.05) is 12.1 Å². The summed E-state index contributed by atoms with van der Waals surface area (Å²) in [6.45, 7) is 13.5. The average molecular weight is 607 g/mol. The fraction of sp³-hybridized carbons (Fsp3) is 0.290. The highest BCUT2D eigenvalue weighted by atomic mass is 79.9. The fourth-order valence-electron chi connectivity index (χ4n) is 4.99. The zero-order valence-electron chi connectivity index (χ0n) is 21.5. The molecule has 0 spiro atoms. The van der Waals surface area contributed by atoms with E-state index in [4.69, 9.17) is 14.7 Å². The van der Waals surface area contributed by atoms with Gasteiger partial charge < -0.3 is 4.74 Å². The summed E-state index contributed by atoms with van der Waals surface area (Å²) in [6.07, 6.45) is 0. The fourth-order valence-corrected chi connectivity index (χ4v) is 5.68. The van der Waals surface area contributed by atoms with Crippen LogP contribution in [-0.4, -0.2) is 14.7 Å². The van der Waals surface area contributed by atoms with Gasteiger partial charge in [-0.25, -0.2) is 9.97 Å². The second-order valence-electron chi connectivity index (χ2n) is 11.5. The van der Waals surface area contributed by atoms with Gasteiger partial charge in [0.1, 0.15) is 14.6 Å². The van der Waals surface area contributed by atoms with E-state index < -0.39 is 5.41 Å². The molecule has 2 aromatic carbocycles. The Labute approximate surface area is 230 Å². The van der Waals surface area contributed by atoms with Gasteiger partial charge in [-0.15, -0.1) is 0 Å². The van der Waals surface area contributed by atoms with E-state index in [2.05, 4.69) is 134 Å². The van der Waals surface area contributed by atoms with Crippen LogP contribution >= 0.6 is 31.9 Å². The maximum Gasteiger partial charge on any atom is 0.265 e. The Balaban J connectivity index is 1.99. The Bertz CT molecular complexity index is 1350. The van der Waals surface area contributed by atoms with Crippen LogP contribution in [0.2, 0.25) is 0 Å². The van der Waals surface area contributed by atoms with Gasteiger partial charge in [0.15, 0.2) is 0 Å². The molecule has 3 nitrogen and oxygen atoms in total. The number of halogens is 2. The van der Waals surface area contributed by atoms with E-state index in [0.717, 1.165) is 43.2 Å². The number of aromatic nitrogens is 2. The van der Waals surface area contributed by atoms with Crippen LogP contribution in [0.3, 0.4) is 0 Å². The van der Waals surface area contributed by atoms with Gasteiger partial charge in [0.05, 0.1) is 22.5 Å². The summed E-state index contributed by atoms with van der Waals surface area (Å²) in [4.78, 5) is 10.2. The first-order chi connectivity index (χ1) is 16.9. The summed E-state index contributed by atoms with van der Waals surface area (Å²) in [5.41, 5.74) is 5.74. The zero-order valence-corrected chi connectivity index (χ0v) is 24.7. The average Bonchev–Trinajstić information content (AvgIpc) is 2.80. The van der Waals surface area contributed by atoms with Crippen molar-refractivity contribution in [3.8, 4) is 11.5 Å². The third-order valence-electron chi connectivity index (χ3n) is 6.97. The van der Waals surface area contributed by atoms with Crippen molar-refractivity contribution in [1.82, 2.24) is 9.97 Å². The summed E-state index contributed by atoms with van der Waals surface area (Å²) in [5.74, 6) is 1.89. The number of nitrogens with zero attached hydrogens (tertiary/aromatic N) is 2. The SMILES string of the molecule is CC(C)(C)c1ccc2c(c1)C(c1cccc(Br)n1)(c1cccc(Br)n1)c1cc(C(C)(C)C)ccc1[OH+]2. The maximum atomic E-state index is 5.17. The number of rotatable bonds is 2. The van der Waals surface area contributed by atoms with Gasteiger partial charge in [-0.2, -0.15) is 0 Å². The van der Waals surface area contributed by atoms with Crippen molar-refractivity contribution in [3.63, 3.8) is 0 Å². The largest absolute Gasteiger partial charge is 0.546 e. The van der Waals surface area contributed by atoms with Crippen molar-refractivity contribution in [2.75, 3.05) is 0 Å². The Hall–Kier alpha value is -2.50. The molecule has 0 bridgehead atoms. The summed E-state index contributed by atoms with van der Waals surface area (Å²) in [6, 6.07) is 25.6. The molecule has 0 saturated heterocycles. The molecule has 0 saturated carbocycles. The van der Waals surface area contributed by atoms with E-state index in [1.54, 1.807) is 0 Å². The molecule has 184 valence electrons. The molecular weight excluding hydrogens is 576 g/mol. The molecule has 0 unspecified atom stereocenters. The Morgan fingerprint density at radius 3 is 1.39 bits per heavy atom. The molecule has 2 aromatic heterocycles. The molecule has 0 aliphatic carbocycles. The van der Waals surface area contributed by atoms with Crippen LogP contribution in [-0.2, 0) is 16.2 Å². The number of fused-ring (bicyclic) bond motifs is 2. The van der Waals surface area contributed by atoms with Crippen molar-refractivity contribution in [2.45, 2.75) is 57.8 Å². The minimum atomic E-state index is -0.748. The van der Waals surface area contributed by atoms with E-state index in [1.165, 1.54) is 11.1 Å². The van der Waals surface area contributed by atoms with Gasteiger partial charge in [0.2, 0.25) is 0 Å². The second kappa shape index (κ2) is 8.81. The lowest BCUT2D eigenvalue weighted by molar-refractivity contribution is 0.178. The molecular formula is C31H31Br2N2O+. The summed E-state index contributed by atoms with van der Waals surface area (Å²) < 4.78 is 6.75. The van der Waals surface area contributed by atoms with Gasteiger partial charge in [0, 0.05) is 12.1 Å². The van der Waals surface area contributed by atoms with E-state index in [9.17, 15) is 0 Å². The van der Waals surface area contributed by atoms with Gasteiger partial charge in [-0.05, 0) is 102 Å². The van der Waals surface area contributed by atoms with E-state index in [0.29, 0.717) is 0 Å². The molecule has 3 heterocycles. The molecule has 1 aliphatic heterocycles. The number of benzene rings is 2. The van der Waals surface area contributed by atoms with E-state index in [-0.39, 0.29) is 10.8 Å². The lowest BCUT2D eigenvalue weighted by Gasteiger charge is -2.39. The Kier molecular flexibility index (Phi) is 6.16. The van der Waals surface area contributed by atoms with Crippen LogP contribution in [0.5, 0.6) is 11.5 Å². The molecule has 0 fully saturated rings. The van der Waals surface area contributed by atoms with Crippen molar-refractivity contribution >= 4 is 31.9 Å². The number of hydrogen-bond acceptors (Lipinski definition) is 2. The van der Waals surface area contributed by atoms with Crippen LogP contribution in [0, 0.1) is 0 Å². The van der Waals surface area contributed by atoms with Gasteiger partial charge in [-0.1, -0.05) is 53.7 Å². The Morgan fingerprint density at radius 2 is 1.03 bits per heavy atom. The summed E-state index contributed by atoms with van der Waals surface area (Å²) in [5, 5.41) is 0. The van der Waals surface area contributed by atoms with Crippen molar-refractivity contribution in [1.29, 1.82) is 0 Å². The minimum Gasteiger partial charge on any atom is -0.546 e. The van der Waals surface area contributed by atoms with Crippen LogP contribution in [0.4, 0.5) is 0 Å². The third-order valence-corrected chi connectivity index (χ3v) is 7.86. The van der Waals surface area contributed by atoms with Crippen LogP contribution in [0.1, 0.15) is 75.2 Å². The highest BCUT2D eigenvalue weighted by molar-refractivity contribution is 9.10. The molecule has 5 rings (SSSR count). The highest BCUT2D eigenvalue weighted by Gasteiger charge is 2.51. The maximum absolute atomic E-state index is 5.17. The molecule has 1 N–H and O–H groups in total. The first-order valence-electron chi connectivity index (χ1n) is 12.2. The third kappa shape index (κ3) is 4.20. The summed E-state index contributed by atoms with van der Waals surface area (Å²) in [7, 11) is 0. The zero-order chi connectivity index (χ0) is 25.9. The number of ether oxygens (including phenoxy) is 1. The molecule has 1 aliphatic rings.